The van der Waals surface area contributed by atoms with Gasteiger partial charge in [-0.2, -0.15) is 5.10 Å². The number of rotatable bonds is 5. The van der Waals surface area contributed by atoms with Crippen LogP contribution >= 0.6 is 23.2 Å². The van der Waals surface area contributed by atoms with Crippen molar-refractivity contribution < 1.29 is 18.7 Å². The van der Waals surface area contributed by atoms with Crippen molar-refractivity contribution in [2.75, 3.05) is 18.1 Å². The van der Waals surface area contributed by atoms with E-state index >= 15 is 0 Å². The molecule has 0 bridgehead atoms. The Morgan fingerprint density at radius 2 is 1.94 bits per heavy atom. The van der Waals surface area contributed by atoms with E-state index in [2.05, 4.69) is 16.6 Å². The zero-order valence-corrected chi connectivity index (χ0v) is 21.3. The second-order valence-corrected chi connectivity index (χ2v) is 9.70. The van der Waals surface area contributed by atoms with Crippen LogP contribution in [0.4, 0.5) is 5.69 Å². The van der Waals surface area contributed by atoms with Gasteiger partial charge in [0.15, 0.2) is 12.4 Å². The van der Waals surface area contributed by atoms with Crippen LogP contribution in [0.1, 0.15) is 52.3 Å². The third kappa shape index (κ3) is 4.86. The summed E-state index contributed by atoms with van der Waals surface area (Å²) < 4.78 is 11.6. The molecule has 0 spiro atoms. The molecular formula is C27H25Cl2N3O4. The van der Waals surface area contributed by atoms with Crippen LogP contribution in [0.15, 0.2) is 52.0 Å². The van der Waals surface area contributed by atoms with Crippen LogP contribution in [-0.4, -0.2) is 30.7 Å². The first kappa shape index (κ1) is 24.4. The zero-order chi connectivity index (χ0) is 25.2. The molecule has 0 radical (unpaired) electrons. The summed E-state index contributed by atoms with van der Waals surface area (Å²) in [7, 11) is 0. The lowest BCUT2D eigenvalue weighted by Crippen LogP contribution is -2.35. The molecule has 1 N–H and O–H groups in total. The van der Waals surface area contributed by atoms with Crippen LogP contribution in [0.5, 0.6) is 5.75 Å². The van der Waals surface area contributed by atoms with Crippen LogP contribution in [-0.2, 0) is 17.6 Å². The highest BCUT2D eigenvalue weighted by Gasteiger charge is 2.32. The van der Waals surface area contributed by atoms with Gasteiger partial charge in [0.1, 0.15) is 11.5 Å². The molecule has 1 aliphatic carbocycles. The maximum Gasteiger partial charge on any atom is 0.294 e. The summed E-state index contributed by atoms with van der Waals surface area (Å²) in [5.41, 5.74) is 6.89. The number of hydrazone groups is 1. The number of hydrogen-bond donors (Lipinski definition) is 1. The highest BCUT2D eigenvalue weighted by molar-refractivity contribution is 6.35. The first-order chi connectivity index (χ1) is 17.4. The van der Waals surface area contributed by atoms with Gasteiger partial charge in [0.05, 0.1) is 10.7 Å². The van der Waals surface area contributed by atoms with Crippen LogP contribution in [0.2, 0.25) is 10.0 Å². The van der Waals surface area contributed by atoms with E-state index in [0.29, 0.717) is 46.7 Å². The Morgan fingerprint density at radius 3 is 2.78 bits per heavy atom. The highest BCUT2D eigenvalue weighted by Crippen LogP contribution is 2.34. The Balaban J connectivity index is 1.32. The monoisotopic (exact) mass is 525 g/mol. The average molecular weight is 526 g/mol. The molecule has 0 saturated heterocycles. The van der Waals surface area contributed by atoms with Gasteiger partial charge in [0, 0.05) is 34.8 Å². The molecule has 2 aromatic carbocycles. The Hall–Kier alpha value is -3.29. The number of para-hydroxylation sites is 1. The number of fused-ring (bicyclic) bond motifs is 2. The molecule has 0 fully saturated rings. The molecule has 5 rings (SSSR count). The number of nitrogens with one attached hydrogen (secondary N) is 1. The highest BCUT2D eigenvalue weighted by atomic mass is 35.5. The van der Waals surface area contributed by atoms with E-state index in [1.54, 1.807) is 23.1 Å². The number of nitrogens with zero attached hydrogens (tertiary/aromatic N) is 2. The van der Waals surface area contributed by atoms with Crippen molar-refractivity contribution in [3.63, 3.8) is 0 Å². The third-order valence-electron chi connectivity index (χ3n) is 6.44. The van der Waals surface area contributed by atoms with E-state index in [4.69, 9.17) is 32.4 Å². The van der Waals surface area contributed by atoms with Gasteiger partial charge < -0.3 is 14.1 Å². The number of anilines is 1. The minimum Gasteiger partial charge on any atom is -0.482 e. The molecule has 0 atom stereocenters. The predicted octanol–water partition coefficient (Wildman–Crippen LogP) is 5.72. The number of benzene rings is 2. The van der Waals surface area contributed by atoms with Crippen LogP contribution in [0, 0.1) is 6.92 Å². The van der Waals surface area contributed by atoms with E-state index in [1.165, 1.54) is 0 Å². The maximum absolute atomic E-state index is 13.5. The second-order valence-electron chi connectivity index (χ2n) is 8.85. The van der Waals surface area contributed by atoms with Crippen molar-refractivity contribution in [2.45, 2.75) is 39.0 Å². The third-order valence-corrected chi connectivity index (χ3v) is 6.97. The number of aryl methyl sites for hydroxylation is 2. The lowest BCUT2D eigenvalue weighted by Gasteiger charge is -2.28. The van der Waals surface area contributed by atoms with Crippen molar-refractivity contribution in [3.05, 3.63) is 80.7 Å². The molecule has 1 aromatic heterocycles. The molecule has 36 heavy (non-hydrogen) atoms. The molecule has 7 nitrogen and oxygen atoms in total. The molecule has 9 heteroatoms. The fourth-order valence-corrected chi connectivity index (χ4v) is 5.21. The number of furan rings is 1. The average Bonchev–Trinajstić information content (AvgIpc) is 3.23. The molecule has 2 aliphatic rings. The van der Waals surface area contributed by atoms with E-state index in [1.807, 2.05) is 25.1 Å². The van der Waals surface area contributed by atoms with Gasteiger partial charge in [0.2, 0.25) is 0 Å². The predicted molar refractivity (Wildman–Crippen MR) is 139 cm³/mol. The van der Waals surface area contributed by atoms with Gasteiger partial charge in [-0.05, 0) is 62.4 Å². The summed E-state index contributed by atoms with van der Waals surface area (Å²) >= 11 is 12.0. The fraction of sp³-hybridized carbons (Fsp3) is 0.296. The number of hydrogen-bond acceptors (Lipinski definition) is 5. The zero-order valence-electron chi connectivity index (χ0n) is 19.8. The number of halogens is 2. The van der Waals surface area contributed by atoms with Gasteiger partial charge in [0.25, 0.3) is 11.8 Å². The van der Waals surface area contributed by atoms with Crippen molar-refractivity contribution in [2.24, 2.45) is 5.10 Å². The Labute approximate surface area is 219 Å². The lowest BCUT2D eigenvalue weighted by atomic mass is 9.93. The number of carbonyl (C=O) groups is 2. The largest absolute Gasteiger partial charge is 0.482 e. The first-order valence-electron chi connectivity index (χ1n) is 11.9. The normalized spacial score (nSPS) is 15.9. The summed E-state index contributed by atoms with van der Waals surface area (Å²) in [5, 5.41) is 5.15. The van der Waals surface area contributed by atoms with E-state index in [9.17, 15) is 9.59 Å². The summed E-state index contributed by atoms with van der Waals surface area (Å²) in [4.78, 5) is 27.7. The van der Waals surface area contributed by atoms with Crippen LogP contribution < -0.4 is 15.1 Å². The molecule has 2 heterocycles. The van der Waals surface area contributed by atoms with Gasteiger partial charge in [-0.25, -0.2) is 5.43 Å². The van der Waals surface area contributed by atoms with Crippen LogP contribution in [0.25, 0.3) is 0 Å². The molecule has 186 valence electrons. The van der Waals surface area contributed by atoms with Crippen molar-refractivity contribution >= 4 is 46.4 Å². The molecule has 1 aliphatic heterocycles. The van der Waals surface area contributed by atoms with E-state index in [0.717, 1.165) is 47.4 Å². The van der Waals surface area contributed by atoms with Crippen LogP contribution in [0.3, 0.4) is 0 Å². The smallest absolute Gasteiger partial charge is 0.294 e. The van der Waals surface area contributed by atoms with Crippen molar-refractivity contribution in [3.8, 4) is 5.75 Å². The SMILES string of the molecule is Cc1c(C(=O)N2CCCc3ccccc32)oc2c1/C(=N/NC(=O)COc1ccc(Cl)cc1Cl)CCC2. The molecular weight excluding hydrogens is 501 g/mol. The summed E-state index contributed by atoms with van der Waals surface area (Å²) in [6.45, 7) is 2.27. The van der Waals surface area contributed by atoms with E-state index < -0.39 is 5.91 Å². The van der Waals surface area contributed by atoms with Gasteiger partial charge in [-0.3, -0.25) is 9.59 Å². The number of ether oxygens (including phenoxy) is 1. The molecule has 0 unspecified atom stereocenters. The molecule has 2 amide bonds. The topological polar surface area (TPSA) is 84.1 Å². The summed E-state index contributed by atoms with van der Waals surface area (Å²) in [6.07, 6.45) is 4.05. The van der Waals surface area contributed by atoms with Gasteiger partial charge >= 0.3 is 0 Å². The van der Waals surface area contributed by atoms with Crippen molar-refractivity contribution in [1.29, 1.82) is 0 Å². The Bertz CT molecular complexity index is 1370. The maximum atomic E-state index is 13.5. The van der Waals surface area contributed by atoms with Crippen molar-refractivity contribution in [1.82, 2.24) is 5.43 Å². The minimum atomic E-state index is -0.428. The molecule has 3 aromatic rings. The standard InChI is InChI=1S/C27H25Cl2N3O4/c1-16-25-20(30-31-24(33)15-35-22-12-11-18(28)14-19(22)29)8-4-10-23(25)36-26(16)27(34)32-13-5-7-17-6-2-3-9-21(17)32/h2-3,6,9,11-12,14H,4-5,7-8,10,13,15H2,1H3,(H,31,33)/b30-20+. The summed E-state index contributed by atoms with van der Waals surface area (Å²) in [5.74, 6) is 0.841. The van der Waals surface area contributed by atoms with Gasteiger partial charge in [-0.1, -0.05) is 41.4 Å². The lowest BCUT2D eigenvalue weighted by molar-refractivity contribution is -0.123. The Kier molecular flexibility index (Phi) is 7.03. The minimum absolute atomic E-state index is 0.148. The summed E-state index contributed by atoms with van der Waals surface area (Å²) in [6, 6.07) is 12.8. The van der Waals surface area contributed by atoms with Gasteiger partial charge in [-0.15, -0.1) is 0 Å². The second kappa shape index (κ2) is 10.4. The quantitative estimate of drug-likeness (QED) is 0.431. The fourth-order valence-electron chi connectivity index (χ4n) is 4.75. The first-order valence-corrected chi connectivity index (χ1v) is 12.6. The number of carbonyl (C=O) groups excluding carboxylic acids is 2. The number of amides is 2. The van der Waals surface area contributed by atoms with E-state index in [-0.39, 0.29) is 12.5 Å². The Morgan fingerprint density at radius 1 is 1.11 bits per heavy atom. The molecule has 0 saturated carbocycles.